The molecule has 0 fully saturated rings. The fourth-order valence-electron chi connectivity index (χ4n) is 1.83. The molecule has 0 unspecified atom stereocenters. The molecule has 0 spiro atoms. The Morgan fingerprint density at radius 2 is 1.90 bits per heavy atom. The molecule has 0 aliphatic rings. The molecule has 8 heteroatoms. The molecule has 0 saturated heterocycles. The second kappa shape index (κ2) is 6.95. The Morgan fingerprint density at radius 3 is 2.43 bits per heavy atom. The van der Waals surface area contributed by atoms with Crippen LogP contribution in [0.1, 0.15) is 36.5 Å². The van der Waals surface area contributed by atoms with E-state index in [2.05, 4.69) is 0 Å². The first-order valence-corrected chi connectivity index (χ1v) is 8.00. The van der Waals surface area contributed by atoms with E-state index in [0.29, 0.717) is 18.7 Å². The summed E-state index contributed by atoms with van der Waals surface area (Å²) in [4.78, 5) is 12.3. The number of benzene rings is 1. The van der Waals surface area contributed by atoms with Crippen LogP contribution in [0.4, 0.5) is 8.78 Å². The maximum absolute atomic E-state index is 14.1. The van der Waals surface area contributed by atoms with Crippen molar-refractivity contribution >= 4 is 15.9 Å². The Morgan fingerprint density at radius 1 is 1.29 bits per heavy atom. The predicted octanol–water partition coefficient (Wildman–Crippen LogP) is 1.87. The van der Waals surface area contributed by atoms with Gasteiger partial charge in [0.2, 0.25) is 10.0 Å². The topological polar surface area (TPSA) is 80.5 Å². The number of unbranched alkanes of at least 4 members (excludes halogenated alkanes) is 2. The van der Waals surface area contributed by atoms with Gasteiger partial charge in [0.25, 0.3) is 5.91 Å². The molecule has 118 valence electrons. The number of hydrogen-bond donors (Lipinski definition) is 1. The number of primary sulfonamides is 1. The van der Waals surface area contributed by atoms with E-state index in [1.165, 1.54) is 11.9 Å². The minimum atomic E-state index is -4.44. The first-order valence-electron chi connectivity index (χ1n) is 6.45. The van der Waals surface area contributed by atoms with Gasteiger partial charge in [0.15, 0.2) is 5.82 Å². The summed E-state index contributed by atoms with van der Waals surface area (Å²) in [6.45, 7) is 2.36. The van der Waals surface area contributed by atoms with Crippen molar-refractivity contribution in [3.63, 3.8) is 0 Å². The van der Waals surface area contributed by atoms with Crippen molar-refractivity contribution in [3.8, 4) is 0 Å². The highest BCUT2D eigenvalue weighted by molar-refractivity contribution is 7.89. The summed E-state index contributed by atoms with van der Waals surface area (Å²) in [7, 11) is -3.00. The van der Waals surface area contributed by atoms with Gasteiger partial charge in [0, 0.05) is 13.6 Å². The van der Waals surface area contributed by atoms with E-state index in [1.54, 1.807) is 0 Å². The molecule has 5 nitrogen and oxygen atoms in total. The van der Waals surface area contributed by atoms with E-state index < -0.39 is 38.0 Å². The Kier molecular flexibility index (Phi) is 5.79. The Balaban J connectivity index is 3.13. The molecule has 0 radical (unpaired) electrons. The first-order chi connectivity index (χ1) is 9.68. The lowest BCUT2D eigenvalue weighted by Gasteiger charge is -2.18. The number of carbonyl (C=O) groups excluding carboxylic acids is 1. The van der Waals surface area contributed by atoms with E-state index in [9.17, 15) is 22.0 Å². The van der Waals surface area contributed by atoms with Gasteiger partial charge in [-0.25, -0.2) is 22.3 Å². The summed E-state index contributed by atoms with van der Waals surface area (Å²) < 4.78 is 49.9. The summed E-state index contributed by atoms with van der Waals surface area (Å²) in [5.74, 6) is -3.15. The van der Waals surface area contributed by atoms with E-state index in [0.717, 1.165) is 19.3 Å². The Bertz CT molecular complexity index is 633. The van der Waals surface area contributed by atoms with E-state index in [4.69, 9.17) is 5.14 Å². The van der Waals surface area contributed by atoms with Gasteiger partial charge >= 0.3 is 0 Å². The minimum Gasteiger partial charge on any atom is -0.342 e. The molecular formula is C13H18F2N2O3S. The van der Waals surface area contributed by atoms with Crippen molar-refractivity contribution < 1.29 is 22.0 Å². The summed E-state index contributed by atoms with van der Waals surface area (Å²) in [5.41, 5.74) is -0.641. The molecule has 0 atom stereocenters. The average molecular weight is 320 g/mol. The van der Waals surface area contributed by atoms with Gasteiger partial charge in [0.05, 0.1) is 5.56 Å². The number of halogens is 2. The van der Waals surface area contributed by atoms with Gasteiger partial charge in [-0.05, 0) is 18.6 Å². The van der Waals surface area contributed by atoms with E-state index >= 15 is 0 Å². The molecule has 0 aromatic heterocycles. The number of rotatable bonds is 6. The molecule has 0 bridgehead atoms. The maximum Gasteiger partial charge on any atom is 0.256 e. The second-order valence-electron chi connectivity index (χ2n) is 4.74. The van der Waals surface area contributed by atoms with Crippen LogP contribution in [-0.2, 0) is 10.0 Å². The third-order valence-electron chi connectivity index (χ3n) is 2.98. The van der Waals surface area contributed by atoms with Crippen LogP contribution < -0.4 is 5.14 Å². The molecule has 2 N–H and O–H groups in total. The van der Waals surface area contributed by atoms with Gasteiger partial charge in [-0.3, -0.25) is 4.79 Å². The van der Waals surface area contributed by atoms with Crippen molar-refractivity contribution in [1.29, 1.82) is 0 Å². The third-order valence-corrected chi connectivity index (χ3v) is 3.89. The van der Waals surface area contributed by atoms with Crippen molar-refractivity contribution in [2.45, 2.75) is 31.1 Å². The molecule has 1 rings (SSSR count). The molecule has 1 aromatic rings. The highest BCUT2D eigenvalue weighted by atomic mass is 32.2. The second-order valence-corrected chi connectivity index (χ2v) is 6.27. The van der Waals surface area contributed by atoms with Crippen LogP contribution in [0.3, 0.4) is 0 Å². The molecule has 1 aromatic carbocycles. The SMILES string of the molecule is CCCCCN(C)C(=O)c1cc(F)cc(S(N)(=O)=O)c1F. The summed E-state index contributed by atoms with van der Waals surface area (Å²) in [5, 5.41) is 4.81. The lowest BCUT2D eigenvalue weighted by molar-refractivity contribution is 0.0787. The number of hydrogen-bond acceptors (Lipinski definition) is 3. The quantitative estimate of drug-likeness (QED) is 0.813. The lowest BCUT2D eigenvalue weighted by Crippen LogP contribution is -2.29. The van der Waals surface area contributed by atoms with E-state index in [1.807, 2.05) is 6.92 Å². The zero-order valence-corrected chi connectivity index (χ0v) is 12.7. The number of amides is 1. The fraction of sp³-hybridized carbons (Fsp3) is 0.462. The molecule has 1 amide bonds. The highest BCUT2D eigenvalue weighted by Crippen LogP contribution is 2.20. The highest BCUT2D eigenvalue weighted by Gasteiger charge is 2.24. The largest absolute Gasteiger partial charge is 0.342 e. The summed E-state index contributed by atoms with van der Waals surface area (Å²) in [6, 6.07) is 1.13. The van der Waals surface area contributed by atoms with Crippen LogP contribution >= 0.6 is 0 Å². The number of sulfonamides is 1. The number of nitrogens with zero attached hydrogens (tertiary/aromatic N) is 1. The molecular weight excluding hydrogens is 302 g/mol. The molecule has 0 aliphatic carbocycles. The molecule has 21 heavy (non-hydrogen) atoms. The van der Waals surface area contributed by atoms with Crippen LogP contribution in [0, 0.1) is 11.6 Å². The normalized spacial score (nSPS) is 11.5. The standard InChI is InChI=1S/C13H18F2N2O3S/c1-3-4-5-6-17(2)13(18)10-7-9(14)8-11(12(10)15)21(16,19)20/h7-8H,3-6H2,1-2H3,(H2,16,19,20). The van der Waals surface area contributed by atoms with Crippen molar-refractivity contribution in [1.82, 2.24) is 4.90 Å². The van der Waals surface area contributed by atoms with Gasteiger partial charge < -0.3 is 4.90 Å². The maximum atomic E-state index is 14.1. The predicted molar refractivity (Wildman–Crippen MR) is 74.2 cm³/mol. The Labute approximate surface area is 122 Å². The van der Waals surface area contributed by atoms with Crippen LogP contribution in [0.15, 0.2) is 17.0 Å². The molecule has 0 saturated carbocycles. The third kappa shape index (κ3) is 4.47. The van der Waals surface area contributed by atoms with Crippen LogP contribution in [0.25, 0.3) is 0 Å². The minimum absolute atomic E-state index is 0.368. The van der Waals surface area contributed by atoms with Crippen LogP contribution in [-0.4, -0.2) is 32.8 Å². The van der Waals surface area contributed by atoms with Gasteiger partial charge in [-0.1, -0.05) is 19.8 Å². The van der Waals surface area contributed by atoms with Gasteiger partial charge in [-0.15, -0.1) is 0 Å². The zero-order chi connectivity index (χ0) is 16.2. The van der Waals surface area contributed by atoms with Gasteiger partial charge in [-0.2, -0.15) is 0 Å². The van der Waals surface area contributed by atoms with Crippen molar-refractivity contribution in [3.05, 3.63) is 29.3 Å². The summed E-state index contributed by atoms with van der Waals surface area (Å²) >= 11 is 0. The van der Waals surface area contributed by atoms with Crippen molar-refractivity contribution in [2.75, 3.05) is 13.6 Å². The monoisotopic (exact) mass is 320 g/mol. The van der Waals surface area contributed by atoms with Crippen LogP contribution in [0.5, 0.6) is 0 Å². The number of nitrogens with two attached hydrogens (primary N) is 1. The zero-order valence-electron chi connectivity index (χ0n) is 11.9. The lowest BCUT2D eigenvalue weighted by atomic mass is 10.1. The average Bonchev–Trinajstić information content (AvgIpc) is 2.39. The van der Waals surface area contributed by atoms with Crippen LogP contribution in [0.2, 0.25) is 0 Å². The summed E-state index contributed by atoms with van der Waals surface area (Å²) in [6.07, 6.45) is 2.56. The smallest absolute Gasteiger partial charge is 0.256 e. The first kappa shape index (κ1) is 17.5. The van der Waals surface area contributed by atoms with Crippen molar-refractivity contribution in [2.24, 2.45) is 5.14 Å². The van der Waals surface area contributed by atoms with Gasteiger partial charge in [0.1, 0.15) is 10.7 Å². The molecule has 0 heterocycles. The van der Waals surface area contributed by atoms with E-state index in [-0.39, 0.29) is 0 Å². The fourth-order valence-corrected chi connectivity index (χ4v) is 2.47. The molecule has 0 aliphatic heterocycles. The number of carbonyl (C=O) groups is 1. The Hall–Kier alpha value is -1.54.